The number of ether oxygens (including phenoxy) is 7. The van der Waals surface area contributed by atoms with Crippen molar-refractivity contribution in [2.45, 2.75) is 32.6 Å². The quantitative estimate of drug-likeness (QED) is 0.205. The Morgan fingerprint density at radius 1 is 0.725 bits per heavy atom. The number of hydrogen-bond acceptors (Lipinski definition) is 10. The van der Waals surface area contributed by atoms with Gasteiger partial charge in [0.15, 0.2) is 23.0 Å². The van der Waals surface area contributed by atoms with Gasteiger partial charge in [0.25, 0.3) is 0 Å². The molecule has 10 heteroatoms. The van der Waals surface area contributed by atoms with Crippen LogP contribution in [0.15, 0.2) is 24.3 Å². The number of fused-ring (bicyclic) bond motifs is 1. The Kier molecular flexibility index (Phi) is 10.3. The van der Waals surface area contributed by atoms with E-state index >= 15 is 0 Å². The molecular weight excluding hydrogens is 520 g/mol. The first-order valence-electron chi connectivity index (χ1n) is 12.8. The number of carbonyl (C=O) groups is 2. The molecule has 0 aromatic heterocycles. The minimum absolute atomic E-state index is 0.123. The maximum absolute atomic E-state index is 13.5. The van der Waals surface area contributed by atoms with Gasteiger partial charge in [-0.1, -0.05) is 32.3 Å². The summed E-state index contributed by atoms with van der Waals surface area (Å²) in [5.41, 5.74) is 0.139. The Labute approximate surface area is 233 Å². The maximum atomic E-state index is 13.5. The van der Waals surface area contributed by atoms with Gasteiger partial charge < -0.3 is 38.3 Å². The van der Waals surface area contributed by atoms with E-state index in [1.807, 2.05) is 0 Å². The van der Waals surface area contributed by atoms with E-state index in [2.05, 4.69) is 6.92 Å². The Bertz CT molecular complexity index is 1380. The Hall–Kier alpha value is -4.34. The molecule has 3 aromatic rings. The van der Waals surface area contributed by atoms with Crippen molar-refractivity contribution < 1.29 is 47.9 Å². The molecule has 0 saturated carbocycles. The van der Waals surface area contributed by atoms with Gasteiger partial charge in [0.1, 0.15) is 11.3 Å². The van der Waals surface area contributed by atoms with Crippen molar-refractivity contribution in [3.63, 3.8) is 0 Å². The first-order chi connectivity index (χ1) is 19.3. The smallest absolute Gasteiger partial charge is 0.342 e. The van der Waals surface area contributed by atoms with Gasteiger partial charge in [-0.2, -0.15) is 0 Å². The first-order valence-corrected chi connectivity index (χ1v) is 12.8. The zero-order valence-electron chi connectivity index (χ0n) is 24.0. The van der Waals surface area contributed by atoms with E-state index in [1.54, 1.807) is 18.2 Å². The van der Waals surface area contributed by atoms with Crippen LogP contribution in [0.4, 0.5) is 0 Å². The summed E-state index contributed by atoms with van der Waals surface area (Å²) >= 11 is 0. The molecule has 0 radical (unpaired) electrons. The largest absolute Gasteiger partial charge is 0.506 e. The van der Waals surface area contributed by atoms with Crippen LogP contribution in [0.2, 0.25) is 0 Å². The van der Waals surface area contributed by atoms with Crippen molar-refractivity contribution >= 4 is 22.7 Å². The highest BCUT2D eigenvalue weighted by molar-refractivity contribution is 6.20. The third-order valence-corrected chi connectivity index (χ3v) is 6.57. The highest BCUT2D eigenvalue weighted by atomic mass is 16.5. The summed E-state index contributed by atoms with van der Waals surface area (Å²) in [5.74, 6) is -0.767. The van der Waals surface area contributed by atoms with Gasteiger partial charge in [-0.15, -0.1) is 0 Å². The molecule has 10 nitrogen and oxygen atoms in total. The van der Waals surface area contributed by atoms with Crippen molar-refractivity contribution in [3.8, 4) is 45.6 Å². The number of benzene rings is 3. The molecule has 3 rings (SSSR count). The first kappa shape index (κ1) is 30.2. The molecule has 216 valence electrons. The molecule has 0 saturated heterocycles. The molecule has 0 bridgehead atoms. The van der Waals surface area contributed by atoms with E-state index in [0.29, 0.717) is 23.5 Å². The number of unbranched alkanes of at least 4 members (excludes halogenated alkanes) is 3. The second-order valence-electron chi connectivity index (χ2n) is 8.80. The van der Waals surface area contributed by atoms with Crippen LogP contribution in [0.25, 0.3) is 21.9 Å². The van der Waals surface area contributed by atoms with Crippen LogP contribution in [0.3, 0.4) is 0 Å². The Balaban J connectivity index is 2.50. The summed E-state index contributed by atoms with van der Waals surface area (Å²) in [6.45, 7) is 2.20. The number of carbonyl (C=O) groups excluding carboxylic acids is 2. The van der Waals surface area contributed by atoms with Gasteiger partial charge in [-0.25, -0.2) is 9.59 Å². The molecule has 0 aliphatic carbocycles. The van der Waals surface area contributed by atoms with Crippen LogP contribution < -0.4 is 23.7 Å². The molecule has 0 unspecified atom stereocenters. The van der Waals surface area contributed by atoms with Crippen LogP contribution in [-0.4, -0.2) is 66.3 Å². The molecule has 0 spiro atoms. The number of rotatable bonds is 13. The maximum Gasteiger partial charge on any atom is 0.342 e. The monoisotopic (exact) mass is 556 g/mol. The SMILES string of the molecule is CCCCCCOC(=O)c1c(C(=O)OC)c(-c2ccc(OC)c(OC)c2)c2c(OC)c(OC)c(OC)cc2c1O. The van der Waals surface area contributed by atoms with Crippen LogP contribution in [0.5, 0.6) is 34.5 Å². The average Bonchev–Trinajstić information content (AvgIpc) is 2.98. The summed E-state index contributed by atoms with van der Waals surface area (Å²) in [6.07, 6.45) is 3.54. The summed E-state index contributed by atoms with van der Waals surface area (Å²) in [7, 11) is 8.46. The van der Waals surface area contributed by atoms with E-state index in [1.165, 1.54) is 48.7 Å². The normalized spacial score (nSPS) is 10.7. The zero-order valence-corrected chi connectivity index (χ0v) is 24.0. The zero-order chi connectivity index (χ0) is 29.4. The van der Waals surface area contributed by atoms with Gasteiger partial charge in [0.2, 0.25) is 5.75 Å². The molecule has 1 N–H and O–H groups in total. The number of esters is 2. The third kappa shape index (κ3) is 5.66. The minimum Gasteiger partial charge on any atom is -0.506 e. The predicted molar refractivity (Wildman–Crippen MR) is 150 cm³/mol. The summed E-state index contributed by atoms with van der Waals surface area (Å²) in [6, 6.07) is 6.50. The fraction of sp³-hybridized carbons (Fsp3) is 0.400. The van der Waals surface area contributed by atoms with E-state index in [9.17, 15) is 14.7 Å². The minimum atomic E-state index is -0.869. The van der Waals surface area contributed by atoms with E-state index in [0.717, 1.165) is 19.3 Å². The fourth-order valence-electron chi connectivity index (χ4n) is 4.65. The summed E-state index contributed by atoms with van der Waals surface area (Å²) in [4.78, 5) is 26.9. The molecule has 40 heavy (non-hydrogen) atoms. The van der Waals surface area contributed by atoms with Crippen molar-refractivity contribution in [3.05, 3.63) is 35.4 Å². The highest BCUT2D eigenvalue weighted by Gasteiger charge is 2.34. The molecule has 0 aliphatic heterocycles. The molecule has 0 fully saturated rings. The summed E-state index contributed by atoms with van der Waals surface area (Å²) in [5, 5.41) is 12.0. The molecule has 0 heterocycles. The van der Waals surface area contributed by atoms with Gasteiger partial charge in [-0.3, -0.25) is 0 Å². The number of aromatic hydroxyl groups is 1. The number of phenolic OH excluding ortho intramolecular Hbond substituents is 1. The average molecular weight is 557 g/mol. The van der Waals surface area contributed by atoms with Crippen LogP contribution >= 0.6 is 0 Å². The van der Waals surface area contributed by atoms with Gasteiger partial charge >= 0.3 is 11.9 Å². The van der Waals surface area contributed by atoms with E-state index < -0.39 is 17.7 Å². The number of hydrogen-bond donors (Lipinski definition) is 1. The lowest BCUT2D eigenvalue weighted by Crippen LogP contribution is -2.16. The van der Waals surface area contributed by atoms with Gasteiger partial charge in [0, 0.05) is 16.3 Å². The van der Waals surface area contributed by atoms with Crippen LogP contribution in [0, 0.1) is 0 Å². The van der Waals surface area contributed by atoms with Crippen LogP contribution in [0.1, 0.15) is 53.3 Å². The molecule has 0 amide bonds. The standard InChI is InChI=1S/C30H36O10/c1-8-9-10-11-14-40-30(33)25-24(29(32)39-7)22(17-12-13-19(34-2)20(15-17)35-3)23-18(26(25)31)16-21(36-4)27(37-5)28(23)38-6/h12-13,15-16,31H,8-11,14H2,1-7H3. The van der Waals surface area contributed by atoms with Crippen molar-refractivity contribution in [2.24, 2.45) is 0 Å². The van der Waals surface area contributed by atoms with Crippen molar-refractivity contribution in [1.82, 2.24) is 0 Å². The predicted octanol–water partition coefficient (Wildman–Crippen LogP) is 5.78. The highest BCUT2D eigenvalue weighted by Crippen LogP contribution is 2.52. The van der Waals surface area contributed by atoms with Crippen LogP contribution in [-0.2, 0) is 9.47 Å². The Morgan fingerprint density at radius 2 is 1.40 bits per heavy atom. The number of methoxy groups -OCH3 is 6. The van der Waals surface area contributed by atoms with Crippen molar-refractivity contribution in [1.29, 1.82) is 0 Å². The van der Waals surface area contributed by atoms with Gasteiger partial charge in [-0.05, 0) is 30.2 Å². The Morgan fingerprint density at radius 3 is 1.98 bits per heavy atom. The second-order valence-corrected chi connectivity index (χ2v) is 8.80. The lowest BCUT2D eigenvalue weighted by Gasteiger charge is -2.22. The lowest BCUT2D eigenvalue weighted by atomic mass is 9.87. The summed E-state index contributed by atoms with van der Waals surface area (Å²) < 4.78 is 38.4. The fourth-order valence-corrected chi connectivity index (χ4v) is 4.65. The van der Waals surface area contributed by atoms with Crippen molar-refractivity contribution in [2.75, 3.05) is 49.3 Å². The lowest BCUT2D eigenvalue weighted by molar-refractivity contribution is 0.0477. The molecule has 0 atom stereocenters. The molecular formula is C30H36O10. The molecule has 0 aliphatic rings. The number of phenols is 1. The molecule has 3 aromatic carbocycles. The van der Waals surface area contributed by atoms with E-state index in [4.69, 9.17) is 33.2 Å². The third-order valence-electron chi connectivity index (χ3n) is 6.57. The topological polar surface area (TPSA) is 119 Å². The second kappa shape index (κ2) is 13.6. The van der Waals surface area contributed by atoms with E-state index in [-0.39, 0.29) is 51.3 Å². The van der Waals surface area contributed by atoms with Gasteiger partial charge in [0.05, 0.1) is 54.8 Å².